The van der Waals surface area contributed by atoms with Gasteiger partial charge in [-0.25, -0.2) is 15.0 Å². The third-order valence-corrected chi connectivity index (χ3v) is 10.2. The van der Waals surface area contributed by atoms with Crippen LogP contribution in [-0.4, -0.2) is 19.5 Å². The number of nitrogens with zero attached hydrogens (tertiary/aromatic N) is 4. The van der Waals surface area contributed by atoms with Gasteiger partial charge in [0.25, 0.3) is 0 Å². The van der Waals surface area contributed by atoms with Crippen molar-refractivity contribution in [3.63, 3.8) is 0 Å². The molecule has 5 nitrogen and oxygen atoms in total. The number of benzene rings is 8. The lowest BCUT2D eigenvalue weighted by atomic mass is 10.00. The van der Waals surface area contributed by atoms with Crippen LogP contribution in [0.25, 0.3) is 105 Å². The molecule has 3 heterocycles. The minimum Gasteiger partial charge on any atom is -0.454 e. The van der Waals surface area contributed by atoms with E-state index in [4.69, 9.17) is 19.4 Å². The highest BCUT2D eigenvalue weighted by atomic mass is 16.3. The highest BCUT2D eigenvalue weighted by Crippen LogP contribution is 2.44. The summed E-state index contributed by atoms with van der Waals surface area (Å²) in [5, 5.41) is 9.36. The van der Waals surface area contributed by atoms with Gasteiger partial charge in [-0.1, -0.05) is 146 Å². The van der Waals surface area contributed by atoms with E-state index >= 15 is 0 Å². The zero-order chi connectivity index (χ0) is 34.2. The van der Waals surface area contributed by atoms with E-state index in [1.165, 1.54) is 32.3 Å². The molecule has 52 heavy (non-hydrogen) atoms. The van der Waals surface area contributed by atoms with Crippen LogP contribution in [0.15, 0.2) is 174 Å². The van der Waals surface area contributed by atoms with Crippen molar-refractivity contribution >= 4 is 65.3 Å². The van der Waals surface area contributed by atoms with E-state index < -0.39 is 0 Å². The van der Waals surface area contributed by atoms with E-state index in [0.29, 0.717) is 17.5 Å². The quantitative estimate of drug-likeness (QED) is 0.188. The number of para-hydroxylation sites is 1. The van der Waals surface area contributed by atoms with Crippen LogP contribution in [0.1, 0.15) is 0 Å². The number of furan rings is 1. The smallest absolute Gasteiger partial charge is 0.164 e. The molecule has 0 aliphatic carbocycles. The predicted molar refractivity (Wildman–Crippen MR) is 213 cm³/mol. The number of fused-ring (bicyclic) bond motifs is 10. The molecule has 0 aliphatic heterocycles. The fraction of sp³-hybridized carbons (Fsp3) is 0. The van der Waals surface area contributed by atoms with Crippen molar-refractivity contribution in [3.8, 4) is 39.9 Å². The minimum atomic E-state index is 0.598. The van der Waals surface area contributed by atoms with Gasteiger partial charge in [0, 0.05) is 38.2 Å². The number of aromatic nitrogens is 4. The maximum atomic E-state index is 6.88. The first-order valence-corrected chi connectivity index (χ1v) is 17.5. The molecule has 242 valence electrons. The van der Waals surface area contributed by atoms with Gasteiger partial charge < -0.3 is 8.98 Å². The lowest BCUT2D eigenvalue weighted by Crippen LogP contribution is -2.00. The van der Waals surface area contributed by atoms with Crippen LogP contribution >= 0.6 is 0 Å². The molecule has 8 aromatic carbocycles. The van der Waals surface area contributed by atoms with Crippen molar-refractivity contribution < 1.29 is 4.42 Å². The molecular weight excluding hydrogens is 637 g/mol. The monoisotopic (exact) mass is 664 g/mol. The molecule has 0 unspecified atom stereocenters. The van der Waals surface area contributed by atoms with Crippen molar-refractivity contribution in [1.82, 2.24) is 19.5 Å². The molecule has 0 N–H and O–H groups in total. The van der Waals surface area contributed by atoms with Crippen LogP contribution in [0, 0.1) is 0 Å². The van der Waals surface area contributed by atoms with Gasteiger partial charge >= 0.3 is 0 Å². The van der Waals surface area contributed by atoms with Gasteiger partial charge in [0.05, 0.1) is 16.7 Å². The first kappa shape index (κ1) is 28.7. The minimum absolute atomic E-state index is 0.598. The lowest BCUT2D eigenvalue weighted by molar-refractivity contribution is 0.666. The molecule has 11 aromatic rings. The Morgan fingerprint density at radius 3 is 1.52 bits per heavy atom. The number of rotatable bonds is 4. The zero-order valence-corrected chi connectivity index (χ0v) is 27.9. The molecule has 11 rings (SSSR count). The summed E-state index contributed by atoms with van der Waals surface area (Å²) in [5.41, 5.74) is 7.60. The van der Waals surface area contributed by atoms with E-state index in [-0.39, 0.29) is 0 Å². The maximum absolute atomic E-state index is 6.88. The molecular formula is C47H28N4O. The van der Waals surface area contributed by atoms with E-state index in [0.717, 1.165) is 55.3 Å². The topological polar surface area (TPSA) is 56.7 Å². The molecule has 0 saturated heterocycles. The summed E-state index contributed by atoms with van der Waals surface area (Å²) in [6, 6.07) is 59.0. The maximum Gasteiger partial charge on any atom is 0.164 e. The Kier molecular flexibility index (Phi) is 6.18. The highest BCUT2D eigenvalue weighted by molar-refractivity contribution is 6.29. The number of hydrogen-bond donors (Lipinski definition) is 0. The van der Waals surface area contributed by atoms with Crippen molar-refractivity contribution in [2.45, 2.75) is 0 Å². The van der Waals surface area contributed by atoms with Gasteiger partial charge in [-0.05, 0) is 45.8 Å². The summed E-state index contributed by atoms with van der Waals surface area (Å²) in [6.07, 6.45) is 0. The van der Waals surface area contributed by atoms with Crippen molar-refractivity contribution in [2.75, 3.05) is 0 Å². The van der Waals surface area contributed by atoms with Crippen LogP contribution < -0.4 is 0 Å². The van der Waals surface area contributed by atoms with E-state index in [2.05, 4.69) is 102 Å². The summed E-state index contributed by atoms with van der Waals surface area (Å²) >= 11 is 0. The Bertz CT molecular complexity index is 3030. The molecule has 0 aliphatic rings. The molecule has 0 spiro atoms. The Balaban J connectivity index is 1.21. The second kappa shape index (κ2) is 11.2. The van der Waals surface area contributed by atoms with Crippen molar-refractivity contribution in [2.24, 2.45) is 0 Å². The summed E-state index contributed by atoms with van der Waals surface area (Å²) in [7, 11) is 0. The third kappa shape index (κ3) is 4.26. The van der Waals surface area contributed by atoms with Gasteiger partial charge in [-0.3, -0.25) is 0 Å². The van der Waals surface area contributed by atoms with Gasteiger partial charge in [0.2, 0.25) is 0 Å². The Morgan fingerprint density at radius 1 is 0.385 bits per heavy atom. The Hall–Kier alpha value is -7.11. The molecule has 0 fully saturated rings. The molecule has 3 aromatic heterocycles. The highest BCUT2D eigenvalue weighted by Gasteiger charge is 2.22. The SMILES string of the molecule is c1ccc(-c2nc(-c3ccccc3)nc(-c3cccc4oc5c(-n6c7ccc8ccccc8c7c7c8ccccc8ccc76)cccc5c34)n2)cc1. The van der Waals surface area contributed by atoms with Crippen LogP contribution in [0.2, 0.25) is 0 Å². The molecule has 0 bridgehead atoms. The van der Waals surface area contributed by atoms with Crippen molar-refractivity contribution in [3.05, 3.63) is 170 Å². The first-order chi connectivity index (χ1) is 25.8. The summed E-state index contributed by atoms with van der Waals surface area (Å²) < 4.78 is 9.25. The lowest BCUT2D eigenvalue weighted by Gasteiger charge is -2.10. The van der Waals surface area contributed by atoms with Gasteiger partial charge in [-0.2, -0.15) is 0 Å². The largest absolute Gasteiger partial charge is 0.454 e. The Morgan fingerprint density at radius 2 is 0.904 bits per heavy atom. The van der Waals surface area contributed by atoms with Crippen LogP contribution in [0.3, 0.4) is 0 Å². The van der Waals surface area contributed by atoms with Gasteiger partial charge in [0.1, 0.15) is 5.58 Å². The van der Waals surface area contributed by atoms with Crippen molar-refractivity contribution in [1.29, 1.82) is 0 Å². The summed E-state index contributed by atoms with van der Waals surface area (Å²) in [6.45, 7) is 0. The fourth-order valence-electron chi connectivity index (χ4n) is 7.93. The normalized spacial score (nSPS) is 11.8. The van der Waals surface area contributed by atoms with Crippen LogP contribution in [0.4, 0.5) is 0 Å². The average molecular weight is 665 g/mol. The van der Waals surface area contributed by atoms with Crippen LogP contribution in [0.5, 0.6) is 0 Å². The van der Waals surface area contributed by atoms with Gasteiger partial charge in [0.15, 0.2) is 23.1 Å². The second-order valence-electron chi connectivity index (χ2n) is 13.2. The average Bonchev–Trinajstić information content (AvgIpc) is 3.78. The first-order valence-electron chi connectivity index (χ1n) is 17.5. The van der Waals surface area contributed by atoms with Gasteiger partial charge in [-0.15, -0.1) is 0 Å². The van der Waals surface area contributed by atoms with E-state index in [9.17, 15) is 0 Å². The van der Waals surface area contributed by atoms with E-state index in [1.54, 1.807) is 0 Å². The summed E-state index contributed by atoms with van der Waals surface area (Å²) in [4.78, 5) is 15.1. The zero-order valence-electron chi connectivity index (χ0n) is 27.9. The predicted octanol–water partition coefficient (Wildman–Crippen LogP) is 12.2. The molecule has 0 saturated carbocycles. The number of hydrogen-bond acceptors (Lipinski definition) is 4. The standard InChI is InChI=1S/C47H28N4O/c1-3-15-31(16-4-1)45-48-46(32-17-5-2-6-18-32)50-47(49-45)36-22-12-24-40-41(36)35-21-11-23-39(44(35)52-40)51-37-27-25-29-13-7-9-19-33(29)42(37)43-34-20-10-8-14-30(34)26-28-38(43)51/h1-28H. The third-order valence-electron chi connectivity index (χ3n) is 10.2. The molecule has 0 radical (unpaired) electrons. The van der Waals surface area contributed by atoms with E-state index in [1.807, 2.05) is 72.8 Å². The molecule has 0 amide bonds. The summed E-state index contributed by atoms with van der Waals surface area (Å²) in [5.74, 6) is 1.85. The van der Waals surface area contributed by atoms with Crippen LogP contribution in [-0.2, 0) is 0 Å². The fourth-order valence-corrected chi connectivity index (χ4v) is 7.93. The second-order valence-corrected chi connectivity index (χ2v) is 13.2. The Labute approximate surface area is 298 Å². The molecule has 0 atom stereocenters. The molecule has 5 heteroatoms.